The molecule has 1 fully saturated rings. The zero-order valence-corrected chi connectivity index (χ0v) is 11.1. The first kappa shape index (κ1) is 12.2. The second-order valence-corrected chi connectivity index (χ2v) is 5.88. The van der Waals surface area contributed by atoms with E-state index in [-0.39, 0.29) is 0 Å². The Morgan fingerprint density at radius 1 is 1.38 bits per heavy atom. The third kappa shape index (κ3) is 3.66. The van der Waals surface area contributed by atoms with Gasteiger partial charge in [-0.2, -0.15) is 0 Å². The Kier molecular flexibility index (Phi) is 4.52. The van der Waals surface area contributed by atoms with Crippen LogP contribution in [0, 0.1) is 0 Å². The van der Waals surface area contributed by atoms with Gasteiger partial charge >= 0.3 is 0 Å². The van der Waals surface area contributed by atoms with Gasteiger partial charge < -0.3 is 4.90 Å². The maximum Gasteiger partial charge on any atom is 0.207 e. The van der Waals surface area contributed by atoms with Crippen molar-refractivity contribution in [3.05, 3.63) is 9.47 Å². The molecule has 0 atom stereocenters. The van der Waals surface area contributed by atoms with Gasteiger partial charge in [0.25, 0.3) is 0 Å². The van der Waals surface area contributed by atoms with E-state index in [9.17, 15) is 0 Å². The lowest BCUT2D eigenvalue weighted by atomic mass is 10.4. The lowest BCUT2D eigenvalue weighted by Crippen LogP contribution is -2.31. The van der Waals surface area contributed by atoms with Crippen molar-refractivity contribution in [2.24, 2.45) is 0 Å². The fourth-order valence-corrected chi connectivity index (χ4v) is 2.87. The van der Waals surface area contributed by atoms with Gasteiger partial charge in [-0.3, -0.25) is 4.90 Å². The smallest absolute Gasteiger partial charge is 0.207 e. The van der Waals surface area contributed by atoms with Gasteiger partial charge in [-0.05, 0) is 44.6 Å². The molecular weight excluding hydrogens is 244 g/mol. The van der Waals surface area contributed by atoms with Crippen LogP contribution >= 0.6 is 22.9 Å². The van der Waals surface area contributed by atoms with E-state index in [0.717, 1.165) is 24.6 Å². The molecule has 16 heavy (non-hydrogen) atoms. The van der Waals surface area contributed by atoms with Crippen LogP contribution in [0.3, 0.4) is 0 Å². The van der Waals surface area contributed by atoms with Crippen LogP contribution < -0.4 is 0 Å². The molecule has 1 saturated heterocycles. The van der Waals surface area contributed by atoms with Crippen LogP contribution in [0.5, 0.6) is 0 Å². The van der Waals surface area contributed by atoms with E-state index in [1.165, 1.54) is 37.3 Å². The normalized spacial score (nSPS) is 17.4. The topological polar surface area (TPSA) is 32.3 Å². The molecule has 1 aliphatic heterocycles. The van der Waals surface area contributed by atoms with E-state index in [2.05, 4.69) is 27.0 Å². The number of halogens is 1. The Bertz CT molecular complexity index is 324. The largest absolute Gasteiger partial charge is 0.302 e. The van der Waals surface area contributed by atoms with E-state index in [1.807, 2.05) is 0 Å². The maximum absolute atomic E-state index is 5.74. The molecule has 0 saturated carbocycles. The van der Waals surface area contributed by atoms with E-state index in [0.29, 0.717) is 4.47 Å². The maximum atomic E-state index is 5.74. The molecule has 0 N–H and O–H groups in total. The Labute approximate surface area is 105 Å². The van der Waals surface area contributed by atoms with E-state index in [1.54, 1.807) is 0 Å². The monoisotopic (exact) mass is 260 g/mol. The van der Waals surface area contributed by atoms with Crippen molar-refractivity contribution in [1.29, 1.82) is 0 Å². The third-order valence-corrected chi connectivity index (χ3v) is 3.85. The summed E-state index contributed by atoms with van der Waals surface area (Å²) in [5.74, 6) is 0. The third-order valence-electron chi connectivity index (χ3n) is 2.84. The summed E-state index contributed by atoms with van der Waals surface area (Å²) in [5, 5.41) is 8.82. The van der Waals surface area contributed by atoms with Gasteiger partial charge in [0.2, 0.25) is 4.47 Å². The SMILES string of the molecule is CN(CCN1CCCC1)Cc1nnc(Cl)s1. The summed E-state index contributed by atoms with van der Waals surface area (Å²) < 4.78 is 0.531. The quantitative estimate of drug-likeness (QED) is 0.807. The molecule has 2 heterocycles. The highest BCUT2D eigenvalue weighted by molar-refractivity contribution is 7.15. The number of hydrogen-bond donors (Lipinski definition) is 0. The van der Waals surface area contributed by atoms with E-state index < -0.39 is 0 Å². The summed E-state index contributed by atoms with van der Waals surface area (Å²) in [4.78, 5) is 4.79. The Balaban J connectivity index is 1.69. The van der Waals surface area contributed by atoms with Gasteiger partial charge in [0.05, 0.1) is 6.54 Å². The molecule has 2 rings (SSSR count). The molecule has 0 aromatic carbocycles. The molecule has 4 nitrogen and oxygen atoms in total. The fourth-order valence-electron chi connectivity index (χ4n) is 1.93. The van der Waals surface area contributed by atoms with Crippen LogP contribution in [-0.2, 0) is 6.54 Å². The minimum absolute atomic E-state index is 0.531. The highest BCUT2D eigenvalue weighted by Crippen LogP contribution is 2.16. The van der Waals surface area contributed by atoms with Crippen molar-refractivity contribution in [2.45, 2.75) is 19.4 Å². The van der Waals surface area contributed by atoms with Crippen LogP contribution in [0.15, 0.2) is 0 Å². The van der Waals surface area contributed by atoms with Crippen molar-refractivity contribution in [1.82, 2.24) is 20.0 Å². The van der Waals surface area contributed by atoms with Crippen LogP contribution in [0.1, 0.15) is 17.8 Å². The number of likely N-dealkylation sites (tertiary alicyclic amines) is 1. The molecule has 0 bridgehead atoms. The molecule has 0 spiro atoms. The molecule has 90 valence electrons. The minimum atomic E-state index is 0.531. The lowest BCUT2D eigenvalue weighted by molar-refractivity contribution is 0.252. The van der Waals surface area contributed by atoms with E-state index >= 15 is 0 Å². The first-order valence-electron chi connectivity index (χ1n) is 5.63. The first-order chi connectivity index (χ1) is 7.74. The Morgan fingerprint density at radius 3 is 2.75 bits per heavy atom. The van der Waals surface area contributed by atoms with Gasteiger partial charge in [0.15, 0.2) is 0 Å². The molecular formula is C10H17ClN4S. The molecule has 0 radical (unpaired) electrons. The van der Waals surface area contributed by atoms with Crippen molar-refractivity contribution in [3.8, 4) is 0 Å². The Hall–Kier alpha value is -0.230. The molecule has 0 amide bonds. The van der Waals surface area contributed by atoms with Crippen molar-refractivity contribution < 1.29 is 0 Å². The van der Waals surface area contributed by atoms with Gasteiger partial charge in [0, 0.05) is 13.1 Å². The second kappa shape index (κ2) is 5.91. The molecule has 1 aliphatic rings. The summed E-state index contributed by atoms with van der Waals surface area (Å²) in [7, 11) is 2.12. The van der Waals surface area contributed by atoms with Gasteiger partial charge in [-0.1, -0.05) is 11.3 Å². The summed E-state index contributed by atoms with van der Waals surface area (Å²) in [6.45, 7) is 5.61. The number of likely N-dealkylation sites (N-methyl/N-ethyl adjacent to an activating group) is 1. The Morgan fingerprint density at radius 2 is 2.12 bits per heavy atom. The standard InChI is InChI=1S/C10H17ClN4S/c1-14(6-7-15-4-2-3-5-15)8-9-12-13-10(11)16-9/h2-8H2,1H3. The van der Waals surface area contributed by atoms with Crippen molar-refractivity contribution >= 4 is 22.9 Å². The summed E-state index contributed by atoms with van der Waals surface area (Å²) in [6, 6.07) is 0. The average Bonchev–Trinajstić information content (AvgIpc) is 2.87. The fraction of sp³-hybridized carbons (Fsp3) is 0.800. The van der Waals surface area contributed by atoms with Gasteiger partial charge in [-0.25, -0.2) is 0 Å². The molecule has 1 aromatic heterocycles. The van der Waals surface area contributed by atoms with Crippen LogP contribution in [-0.4, -0.2) is 53.2 Å². The van der Waals surface area contributed by atoms with Crippen molar-refractivity contribution in [2.75, 3.05) is 33.2 Å². The molecule has 6 heteroatoms. The highest BCUT2D eigenvalue weighted by Gasteiger charge is 2.12. The van der Waals surface area contributed by atoms with Gasteiger partial charge in [-0.15, -0.1) is 10.2 Å². The van der Waals surface area contributed by atoms with Crippen LogP contribution in [0.25, 0.3) is 0 Å². The van der Waals surface area contributed by atoms with Crippen molar-refractivity contribution in [3.63, 3.8) is 0 Å². The number of rotatable bonds is 5. The number of hydrogen-bond acceptors (Lipinski definition) is 5. The average molecular weight is 261 g/mol. The lowest BCUT2D eigenvalue weighted by Gasteiger charge is -2.20. The number of aromatic nitrogens is 2. The molecule has 1 aromatic rings. The number of nitrogens with zero attached hydrogens (tertiary/aromatic N) is 4. The zero-order valence-electron chi connectivity index (χ0n) is 9.52. The first-order valence-corrected chi connectivity index (χ1v) is 6.82. The minimum Gasteiger partial charge on any atom is -0.302 e. The van der Waals surface area contributed by atoms with Gasteiger partial charge in [0.1, 0.15) is 5.01 Å². The second-order valence-electron chi connectivity index (χ2n) is 4.24. The predicted molar refractivity (Wildman–Crippen MR) is 66.9 cm³/mol. The van der Waals surface area contributed by atoms with Crippen LogP contribution in [0.2, 0.25) is 4.47 Å². The zero-order chi connectivity index (χ0) is 11.4. The predicted octanol–water partition coefficient (Wildman–Crippen LogP) is 1.72. The summed E-state index contributed by atoms with van der Waals surface area (Å²) in [5.41, 5.74) is 0. The molecule has 0 unspecified atom stereocenters. The molecule has 0 aliphatic carbocycles. The van der Waals surface area contributed by atoms with Crippen LogP contribution in [0.4, 0.5) is 0 Å². The summed E-state index contributed by atoms with van der Waals surface area (Å²) in [6.07, 6.45) is 2.71. The highest BCUT2D eigenvalue weighted by atomic mass is 35.5. The van der Waals surface area contributed by atoms with E-state index in [4.69, 9.17) is 11.6 Å². The summed E-state index contributed by atoms with van der Waals surface area (Å²) >= 11 is 7.20.